The molecule has 3 nitrogen and oxygen atoms in total. The number of hydrogen-bond donors (Lipinski definition) is 1. The molecule has 0 aliphatic carbocycles. The first kappa shape index (κ1) is 14.9. The predicted octanol–water partition coefficient (Wildman–Crippen LogP) is 1.73. The van der Waals surface area contributed by atoms with E-state index in [0.717, 1.165) is 39.2 Å². The highest BCUT2D eigenvalue weighted by Gasteiger charge is 2.07. The standard InChI is InChI=1S/C12H28N2O/c1-5-8-12(11-13-4)15-10-9-14(6-2)7-3/h12-13H,5-11H2,1-4H3. The van der Waals surface area contributed by atoms with Gasteiger partial charge in [0.25, 0.3) is 0 Å². The lowest BCUT2D eigenvalue weighted by Crippen LogP contribution is -2.32. The second kappa shape index (κ2) is 10.4. The van der Waals surface area contributed by atoms with Gasteiger partial charge in [0.1, 0.15) is 0 Å². The molecule has 0 radical (unpaired) electrons. The SMILES string of the molecule is CCCC(CNC)OCCN(CC)CC. The van der Waals surface area contributed by atoms with Crippen LogP contribution in [0.25, 0.3) is 0 Å². The molecule has 0 aliphatic rings. The average molecular weight is 216 g/mol. The van der Waals surface area contributed by atoms with Gasteiger partial charge in [-0.05, 0) is 26.6 Å². The highest BCUT2D eigenvalue weighted by molar-refractivity contribution is 4.60. The summed E-state index contributed by atoms with van der Waals surface area (Å²) >= 11 is 0. The Bertz CT molecular complexity index is 121. The van der Waals surface area contributed by atoms with Crippen molar-refractivity contribution in [1.82, 2.24) is 10.2 Å². The molecule has 92 valence electrons. The third kappa shape index (κ3) is 7.77. The van der Waals surface area contributed by atoms with Crippen molar-refractivity contribution in [3.8, 4) is 0 Å². The highest BCUT2D eigenvalue weighted by atomic mass is 16.5. The molecule has 0 amide bonds. The summed E-state index contributed by atoms with van der Waals surface area (Å²) in [6.07, 6.45) is 2.73. The maximum atomic E-state index is 5.85. The molecule has 0 bridgehead atoms. The van der Waals surface area contributed by atoms with Crippen LogP contribution in [0.3, 0.4) is 0 Å². The summed E-state index contributed by atoms with van der Waals surface area (Å²) in [5.74, 6) is 0. The predicted molar refractivity (Wildman–Crippen MR) is 66.4 cm³/mol. The van der Waals surface area contributed by atoms with E-state index in [0.29, 0.717) is 6.10 Å². The number of ether oxygens (including phenoxy) is 1. The number of hydrogen-bond acceptors (Lipinski definition) is 3. The monoisotopic (exact) mass is 216 g/mol. The van der Waals surface area contributed by atoms with Gasteiger partial charge in [-0.25, -0.2) is 0 Å². The Balaban J connectivity index is 3.59. The van der Waals surface area contributed by atoms with Gasteiger partial charge in [-0.2, -0.15) is 0 Å². The molecule has 1 unspecified atom stereocenters. The van der Waals surface area contributed by atoms with E-state index in [-0.39, 0.29) is 0 Å². The first-order valence-corrected chi connectivity index (χ1v) is 6.26. The summed E-state index contributed by atoms with van der Waals surface area (Å²) < 4.78 is 5.85. The van der Waals surface area contributed by atoms with E-state index in [4.69, 9.17) is 4.74 Å². The third-order valence-electron chi connectivity index (χ3n) is 2.70. The van der Waals surface area contributed by atoms with Crippen LogP contribution >= 0.6 is 0 Å². The average Bonchev–Trinajstić information content (AvgIpc) is 2.25. The Kier molecular flexibility index (Phi) is 10.3. The van der Waals surface area contributed by atoms with Gasteiger partial charge in [0.15, 0.2) is 0 Å². The Morgan fingerprint density at radius 1 is 1.20 bits per heavy atom. The van der Waals surface area contributed by atoms with Crippen LogP contribution in [0.15, 0.2) is 0 Å². The molecule has 0 saturated heterocycles. The van der Waals surface area contributed by atoms with Gasteiger partial charge >= 0.3 is 0 Å². The van der Waals surface area contributed by atoms with Crippen molar-refractivity contribution in [2.75, 3.05) is 39.8 Å². The van der Waals surface area contributed by atoms with Gasteiger partial charge in [-0.15, -0.1) is 0 Å². The molecular weight excluding hydrogens is 188 g/mol. The lowest BCUT2D eigenvalue weighted by atomic mass is 10.2. The van der Waals surface area contributed by atoms with E-state index in [9.17, 15) is 0 Å². The topological polar surface area (TPSA) is 24.5 Å². The van der Waals surface area contributed by atoms with Crippen molar-refractivity contribution < 1.29 is 4.74 Å². The van der Waals surface area contributed by atoms with E-state index >= 15 is 0 Å². The summed E-state index contributed by atoms with van der Waals surface area (Å²) in [5, 5.41) is 3.18. The van der Waals surface area contributed by atoms with E-state index < -0.39 is 0 Å². The van der Waals surface area contributed by atoms with Gasteiger partial charge < -0.3 is 15.0 Å². The Morgan fingerprint density at radius 3 is 2.33 bits per heavy atom. The fourth-order valence-corrected chi connectivity index (χ4v) is 1.68. The first-order chi connectivity index (χ1) is 7.28. The van der Waals surface area contributed by atoms with Gasteiger partial charge in [0.2, 0.25) is 0 Å². The van der Waals surface area contributed by atoms with Gasteiger partial charge in [0, 0.05) is 13.1 Å². The lowest BCUT2D eigenvalue weighted by Gasteiger charge is -2.21. The number of nitrogens with zero attached hydrogens (tertiary/aromatic N) is 1. The fraction of sp³-hybridized carbons (Fsp3) is 1.00. The molecule has 3 heteroatoms. The third-order valence-corrected chi connectivity index (χ3v) is 2.70. The summed E-state index contributed by atoms with van der Waals surface area (Å²) in [4.78, 5) is 2.39. The number of rotatable bonds is 10. The molecule has 0 heterocycles. The fourth-order valence-electron chi connectivity index (χ4n) is 1.68. The van der Waals surface area contributed by atoms with Crippen LogP contribution in [0.1, 0.15) is 33.6 Å². The van der Waals surface area contributed by atoms with Crippen LogP contribution in [-0.2, 0) is 4.74 Å². The number of likely N-dealkylation sites (N-methyl/N-ethyl adjacent to an activating group) is 2. The molecule has 0 saturated carbocycles. The first-order valence-electron chi connectivity index (χ1n) is 6.26. The smallest absolute Gasteiger partial charge is 0.0699 e. The normalized spacial score (nSPS) is 13.4. The second-order valence-corrected chi connectivity index (χ2v) is 3.87. The van der Waals surface area contributed by atoms with Crippen molar-refractivity contribution in [1.29, 1.82) is 0 Å². The van der Waals surface area contributed by atoms with Crippen molar-refractivity contribution in [3.05, 3.63) is 0 Å². The van der Waals surface area contributed by atoms with Crippen molar-refractivity contribution >= 4 is 0 Å². The molecule has 0 fully saturated rings. The maximum Gasteiger partial charge on any atom is 0.0699 e. The molecule has 0 spiro atoms. The zero-order valence-electron chi connectivity index (χ0n) is 10.9. The summed E-state index contributed by atoms with van der Waals surface area (Å²) in [7, 11) is 1.98. The second-order valence-electron chi connectivity index (χ2n) is 3.87. The van der Waals surface area contributed by atoms with Crippen LogP contribution in [0, 0.1) is 0 Å². The Morgan fingerprint density at radius 2 is 1.87 bits per heavy atom. The Hall–Kier alpha value is -0.120. The lowest BCUT2D eigenvalue weighted by molar-refractivity contribution is 0.0348. The molecule has 0 rings (SSSR count). The van der Waals surface area contributed by atoms with E-state index in [1.165, 1.54) is 6.42 Å². The molecule has 1 atom stereocenters. The molecule has 0 aliphatic heterocycles. The molecule has 1 N–H and O–H groups in total. The zero-order valence-corrected chi connectivity index (χ0v) is 10.9. The largest absolute Gasteiger partial charge is 0.376 e. The maximum absolute atomic E-state index is 5.85. The van der Waals surface area contributed by atoms with Crippen LogP contribution in [0.4, 0.5) is 0 Å². The zero-order chi connectivity index (χ0) is 11.5. The van der Waals surface area contributed by atoms with Crippen molar-refractivity contribution in [3.63, 3.8) is 0 Å². The summed E-state index contributed by atoms with van der Waals surface area (Å²) in [6.45, 7) is 11.7. The minimum Gasteiger partial charge on any atom is -0.376 e. The summed E-state index contributed by atoms with van der Waals surface area (Å²) in [6, 6.07) is 0. The Labute approximate surface area is 95.2 Å². The van der Waals surface area contributed by atoms with E-state index in [1.54, 1.807) is 0 Å². The van der Waals surface area contributed by atoms with Crippen LogP contribution in [-0.4, -0.2) is 50.8 Å². The van der Waals surface area contributed by atoms with Crippen LogP contribution in [0.5, 0.6) is 0 Å². The number of nitrogens with one attached hydrogen (secondary N) is 1. The van der Waals surface area contributed by atoms with Gasteiger partial charge in [0.05, 0.1) is 12.7 Å². The quantitative estimate of drug-likeness (QED) is 0.602. The van der Waals surface area contributed by atoms with Crippen LogP contribution in [0.2, 0.25) is 0 Å². The minimum absolute atomic E-state index is 0.385. The molecular formula is C12H28N2O. The van der Waals surface area contributed by atoms with E-state index in [1.807, 2.05) is 7.05 Å². The van der Waals surface area contributed by atoms with Crippen molar-refractivity contribution in [2.24, 2.45) is 0 Å². The van der Waals surface area contributed by atoms with Crippen LogP contribution < -0.4 is 5.32 Å². The minimum atomic E-state index is 0.385. The molecule has 0 aromatic heterocycles. The highest BCUT2D eigenvalue weighted by Crippen LogP contribution is 2.01. The summed E-state index contributed by atoms with van der Waals surface area (Å²) in [5.41, 5.74) is 0. The van der Waals surface area contributed by atoms with Crippen molar-refractivity contribution in [2.45, 2.75) is 39.7 Å². The van der Waals surface area contributed by atoms with Gasteiger partial charge in [-0.3, -0.25) is 0 Å². The molecule has 15 heavy (non-hydrogen) atoms. The molecule has 0 aromatic rings. The van der Waals surface area contributed by atoms with E-state index in [2.05, 4.69) is 31.0 Å². The van der Waals surface area contributed by atoms with Gasteiger partial charge in [-0.1, -0.05) is 27.2 Å². The molecule has 0 aromatic carbocycles.